The fraction of sp³-hybridized carbons (Fsp3) is 0.562. The highest BCUT2D eigenvalue weighted by molar-refractivity contribution is 7.18. The molecule has 2 heterocycles. The van der Waals surface area contributed by atoms with E-state index in [2.05, 4.69) is 4.98 Å². The molecule has 1 atom stereocenters. The zero-order valence-electron chi connectivity index (χ0n) is 14.5. The van der Waals surface area contributed by atoms with Crippen molar-refractivity contribution >= 4 is 27.5 Å². The van der Waals surface area contributed by atoms with E-state index in [0.29, 0.717) is 24.2 Å². The minimum Gasteiger partial charge on any atom is -0.467 e. The number of hydrogen-bond acceptors (Lipinski definition) is 6. The summed E-state index contributed by atoms with van der Waals surface area (Å²) in [4.78, 5) is 33.6. The number of esters is 1. The Balaban J connectivity index is 2.82. The van der Waals surface area contributed by atoms with Gasteiger partial charge < -0.3 is 9.64 Å². The van der Waals surface area contributed by atoms with E-state index >= 15 is 0 Å². The number of fused-ring (bicyclic) bond motifs is 1. The second-order valence-corrected chi connectivity index (χ2v) is 7.05. The summed E-state index contributed by atoms with van der Waals surface area (Å²) in [6, 6.07) is -0.654. The van der Waals surface area contributed by atoms with Crippen LogP contribution in [0.1, 0.15) is 35.7 Å². The molecule has 0 spiro atoms. The first kappa shape index (κ1) is 17.6. The molecule has 0 saturated heterocycles. The molecule has 0 radical (unpaired) electrons. The first-order valence-electron chi connectivity index (χ1n) is 7.55. The lowest BCUT2D eigenvalue weighted by Gasteiger charge is -2.21. The van der Waals surface area contributed by atoms with Crippen LogP contribution in [-0.4, -0.2) is 41.6 Å². The molecule has 0 N–H and O–H groups in total. The maximum Gasteiger partial charge on any atom is 0.329 e. The van der Waals surface area contributed by atoms with Gasteiger partial charge in [-0.25, -0.2) is 9.78 Å². The Bertz CT molecular complexity index is 792. The fourth-order valence-electron chi connectivity index (χ4n) is 2.65. The molecule has 0 aliphatic rings. The van der Waals surface area contributed by atoms with Gasteiger partial charge in [0.25, 0.3) is 5.56 Å². The summed E-state index contributed by atoms with van der Waals surface area (Å²) in [6.45, 7) is 6.25. The smallest absolute Gasteiger partial charge is 0.329 e. The van der Waals surface area contributed by atoms with E-state index in [1.165, 1.54) is 23.0 Å². The molecule has 0 bridgehead atoms. The fourth-order valence-corrected chi connectivity index (χ4v) is 3.69. The molecular weight excluding hydrogens is 314 g/mol. The van der Waals surface area contributed by atoms with E-state index in [0.717, 1.165) is 15.3 Å². The minimum absolute atomic E-state index is 0.161. The molecule has 2 aromatic heterocycles. The second kappa shape index (κ2) is 6.80. The maximum absolute atomic E-state index is 13.1. The summed E-state index contributed by atoms with van der Waals surface area (Å²) in [5.41, 5.74) is 0.776. The Morgan fingerprint density at radius 2 is 2.04 bits per heavy atom. The molecule has 7 heteroatoms. The molecule has 6 nitrogen and oxygen atoms in total. The van der Waals surface area contributed by atoms with Crippen LogP contribution in [0.2, 0.25) is 0 Å². The van der Waals surface area contributed by atoms with Crippen molar-refractivity contribution < 1.29 is 9.53 Å². The number of aromatic nitrogens is 2. The van der Waals surface area contributed by atoms with E-state index in [4.69, 9.17) is 4.74 Å². The summed E-state index contributed by atoms with van der Waals surface area (Å²) in [5, 5.41) is 0.609. The summed E-state index contributed by atoms with van der Waals surface area (Å²) in [7, 11) is 5.16. The number of hydrogen-bond donors (Lipinski definition) is 0. The molecule has 0 aromatic carbocycles. The standard InChI is InChI=1S/C16H23N3O3S/c1-7-11(16(21)22-6)19-12(8-18(4)5)17-14-13(15(19)20)9(2)10(3)23-14/h11H,7-8H2,1-6H3. The zero-order chi connectivity index (χ0) is 17.3. The number of ether oxygens (including phenoxy) is 1. The van der Waals surface area contributed by atoms with Crippen LogP contribution in [0.5, 0.6) is 0 Å². The van der Waals surface area contributed by atoms with Crippen LogP contribution >= 0.6 is 11.3 Å². The third-order valence-corrected chi connectivity index (χ3v) is 5.04. The first-order valence-corrected chi connectivity index (χ1v) is 8.37. The van der Waals surface area contributed by atoms with E-state index in [1.807, 2.05) is 39.8 Å². The molecule has 0 saturated carbocycles. The molecule has 0 aliphatic heterocycles. The lowest BCUT2D eigenvalue weighted by atomic mass is 10.2. The van der Waals surface area contributed by atoms with E-state index in [-0.39, 0.29) is 5.56 Å². The summed E-state index contributed by atoms with van der Waals surface area (Å²) < 4.78 is 6.39. The Hall–Kier alpha value is -1.73. The third kappa shape index (κ3) is 3.16. The number of rotatable bonds is 5. The normalized spacial score (nSPS) is 12.8. The third-order valence-electron chi connectivity index (χ3n) is 3.94. The molecule has 0 aliphatic carbocycles. The average Bonchev–Trinajstić information content (AvgIpc) is 2.76. The lowest BCUT2D eigenvalue weighted by Crippen LogP contribution is -2.35. The second-order valence-electron chi connectivity index (χ2n) is 5.85. The predicted molar refractivity (Wildman–Crippen MR) is 92.1 cm³/mol. The summed E-state index contributed by atoms with van der Waals surface area (Å²) in [5.74, 6) is 0.173. The number of thiophene rings is 1. The molecule has 126 valence electrons. The highest BCUT2D eigenvalue weighted by Gasteiger charge is 2.26. The minimum atomic E-state index is -0.654. The van der Waals surface area contributed by atoms with Gasteiger partial charge in [0.1, 0.15) is 16.7 Å². The van der Waals surface area contributed by atoms with E-state index in [1.54, 1.807) is 0 Å². The summed E-state index contributed by atoms with van der Waals surface area (Å²) in [6.07, 6.45) is 0.475. The van der Waals surface area contributed by atoms with Crippen LogP contribution < -0.4 is 5.56 Å². The SMILES string of the molecule is CCC(C(=O)OC)n1c(CN(C)C)nc2sc(C)c(C)c2c1=O. The van der Waals surface area contributed by atoms with Crippen molar-refractivity contribution in [1.82, 2.24) is 14.5 Å². The van der Waals surface area contributed by atoms with Gasteiger partial charge in [-0.1, -0.05) is 6.92 Å². The van der Waals surface area contributed by atoms with Crippen LogP contribution in [0.15, 0.2) is 4.79 Å². The number of methoxy groups -OCH3 is 1. The average molecular weight is 337 g/mol. The number of carbonyl (C=O) groups is 1. The quantitative estimate of drug-likeness (QED) is 0.783. The van der Waals surface area contributed by atoms with Crippen molar-refractivity contribution in [3.8, 4) is 0 Å². The van der Waals surface area contributed by atoms with Crippen LogP contribution in [0.4, 0.5) is 0 Å². The van der Waals surface area contributed by atoms with Gasteiger partial charge in [-0.2, -0.15) is 0 Å². The molecule has 23 heavy (non-hydrogen) atoms. The Morgan fingerprint density at radius 1 is 1.39 bits per heavy atom. The largest absolute Gasteiger partial charge is 0.467 e. The van der Waals surface area contributed by atoms with Gasteiger partial charge in [0.15, 0.2) is 0 Å². The Kier molecular flexibility index (Phi) is 5.21. The van der Waals surface area contributed by atoms with Crippen molar-refractivity contribution in [3.63, 3.8) is 0 Å². The first-order chi connectivity index (χ1) is 10.8. The monoisotopic (exact) mass is 337 g/mol. The van der Waals surface area contributed by atoms with Crippen molar-refractivity contribution in [3.05, 3.63) is 26.6 Å². The highest BCUT2D eigenvalue weighted by atomic mass is 32.1. The molecule has 2 aromatic rings. The van der Waals surface area contributed by atoms with E-state index < -0.39 is 12.0 Å². The van der Waals surface area contributed by atoms with E-state index in [9.17, 15) is 9.59 Å². The van der Waals surface area contributed by atoms with Gasteiger partial charge in [-0.15, -0.1) is 11.3 Å². The van der Waals surface area contributed by atoms with Crippen LogP contribution in [0, 0.1) is 13.8 Å². The Labute approximate surface area is 139 Å². The lowest BCUT2D eigenvalue weighted by molar-refractivity contribution is -0.144. The van der Waals surface area contributed by atoms with Gasteiger partial charge in [0, 0.05) is 4.88 Å². The van der Waals surface area contributed by atoms with Crippen molar-refractivity contribution in [2.75, 3.05) is 21.2 Å². The molecule has 1 unspecified atom stereocenters. The zero-order valence-corrected chi connectivity index (χ0v) is 15.3. The molecule has 2 rings (SSSR count). The van der Waals surface area contributed by atoms with Gasteiger partial charge in [0.2, 0.25) is 0 Å². The van der Waals surface area contributed by atoms with Gasteiger partial charge in [0.05, 0.1) is 19.0 Å². The molecule has 0 amide bonds. The molecule has 0 fully saturated rings. The maximum atomic E-state index is 13.1. The van der Waals surface area contributed by atoms with Crippen LogP contribution in [0.3, 0.4) is 0 Å². The number of aryl methyl sites for hydroxylation is 2. The number of carbonyl (C=O) groups excluding carboxylic acids is 1. The van der Waals surface area contributed by atoms with Crippen molar-refractivity contribution in [1.29, 1.82) is 0 Å². The molecular formula is C16H23N3O3S. The predicted octanol–water partition coefficient (Wildman–Crippen LogP) is 2.26. The topological polar surface area (TPSA) is 64.4 Å². The van der Waals surface area contributed by atoms with Gasteiger partial charge in [-0.3, -0.25) is 9.36 Å². The summed E-state index contributed by atoms with van der Waals surface area (Å²) >= 11 is 1.52. The van der Waals surface area contributed by atoms with Gasteiger partial charge in [-0.05, 0) is 39.9 Å². The van der Waals surface area contributed by atoms with Gasteiger partial charge >= 0.3 is 5.97 Å². The van der Waals surface area contributed by atoms with Crippen LogP contribution in [0.25, 0.3) is 10.2 Å². The Morgan fingerprint density at radius 3 is 2.57 bits per heavy atom. The number of nitrogens with zero attached hydrogens (tertiary/aromatic N) is 3. The van der Waals surface area contributed by atoms with Crippen molar-refractivity contribution in [2.24, 2.45) is 0 Å². The van der Waals surface area contributed by atoms with Crippen molar-refractivity contribution in [2.45, 2.75) is 39.8 Å². The highest BCUT2D eigenvalue weighted by Crippen LogP contribution is 2.27. The van der Waals surface area contributed by atoms with Crippen LogP contribution in [-0.2, 0) is 16.1 Å².